The zero-order valence-corrected chi connectivity index (χ0v) is 12.2. The SMILES string of the molecule is O=C(OCc1ccccc1)N1CCCC[C@H]1COCCO. The Labute approximate surface area is 125 Å². The molecule has 0 saturated carbocycles. The number of carbonyl (C=O) groups is 1. The number of nitrogens with zero attached hydrogens (tertiary/aromatic N) is 1. The van der Waals surface area contributed by atoms with Gasteiger partial charge >= 0.3 is 6.09 Å². The van der Waals surface area contributed by atoms with E-state index in [2.05, 4.69) is 0 Å². The number of aliphatic hydroxyl groups is 1. The van der Waals surface area contributed by atoms with Gasteiger partial charge in [-0.2, -0.15) is 0 Å². The van der Waals surface area contributed by atoms with Crippen LogP contribution in [0.4, 0.5) is 4.79 Å². The maximum atomic E-state index is 12.2. The number of amides is 1. The zero-order valence-electron chi connectivity index (χ0n) is 12.2. The van der Waals surface area contributed by atoms with Crippen LogP contribution in [0, 0.1) is 0 Å². The van der Waals surface area contributed by atoms with Crippen LogP contribution in [-0.2, 0) is 16.1 Å². The van der Waals surface area contributed by atoms with E-state index in [0.717, 1.165) is 24.8 Å². The van der Waals surface area contributed by atoms with Gasteiger partial charge in [0.1, 0.15) is 6.61 Å². The fourth-order valence-electron chi connectivity index (χ4n) is 2.50. The molecule has 1 amide bonds. The minimum Gasteiger partial charge on any atom is -0.445 e. The van der Waals surface area contributed by atoms with E-state index in [1.54, 1.807) is 4.90 Å². The maximum Gasteiger partial charge on any atom is 0.410 e. The summed E-state index contributed by atoms with van der Waals surface area (Å²) in [6.45, 7) is 1.77. The van der Waals surface area contributed by atoms with Gasteiger partial charge in [0.15, 0.2) is 0 Å². The first-order valence-corrected chi connectivity index (χ1v) is 7.47. The molecule has 0 aromatic heterocycles. The van der Waals surface area contributed by atoms with E-state index >= 15 is 0 Å². The molecule has 1 fully saturated rings. The molecule has 0 unspecified atom stereocenters. The van der Waals surface area contributed by atoms with Crippen molar-refractivity contribution in [3.8, 4) is 0 Å². The second kappa shape index (κ2) is 8.64. The molecule has 1 aromatic carbocycles. The van der Waals surface area contributed by atoms with Crippen LogP contribution in [0.15, 0.2) is 30.3 Å². The zero-order chi connectivity index (χ0) is 14.9. The van der Waals surface area contributed by atoms with Crippen LogP contribution in [0.25, 0.3) is 0 Å². The van der Waals surface area contributed by atoms with Gasteiger partial charge in [-0.15, -0.1) is 0 Å². The summed E-state index contributed by atoms with van der Waals surface area (Å²) in [5.41, 5.74) is 0.982. The third-order valence-electron chi connectivity index (χ3n) is 3.61. The molecule has 5 nitrogen and oxygen atoms in total. The van der Waals surface area contributed by atoms with E-state index in [1.807, 2.05) is 30.3 Å². The molecule has 0 radical (unpaired) electrons. The Morgan fingerprint density at radius 1 is 1.29 bits per heavy atom. The van der Waals surface area contributed by atoms with Crippen LogP contribution in [0.1, 0.15) is 24.8 Å². The average molecular weight is 293 g/mol. The topological polar surface area (TPSA) is 59.0 Å². The first-order chi connectivity index (χ1) is 10.3. The predicted molar refractivity (Wildman–Crippen MR) is 78.9 cm³/mol. The molecule has 1 N–H and O–H groups in total. The minimum atomic E-state index is -0.281. The van der Waals surface area contributed by atoms with Gasteiger partial charge in [-0.05, 0) is 24.8 Å². The first kappa shape index (κ1) is 15.8. The number of likely N-dealkylation sites (tertiary alicyclic amines) is 1. The van der Waals surface area contributed by atoms with Gasteiger partial charge in [-0.3, -0.25) is 0 Å². The lowest BCUT2D eigenvalue weighted by Crippen LogP contribution is -2.46. The van der Waals surface area contributed by atoms with Gasteiger partial charge in [0, 0.05) is 6.54 Å². The van der Waals surface area contributed by atoms with Crippen molar-refractivity contribution in [1.82, 2.24) is 4.90 Å². The van der Waals surface area contributed by atoms with Crippen LogP contribution in [0.3, 0.4) is 0 Å². The lowest BCUT2D eigenvalue weighted by molar-refractivity contribution is 0.0169. The van der Waals surface area contributed by atoms with E-state index in [9.17, 15) is 4.79 Å². The number of hydrogen-bond acceptors (Lipinski definition) is 4. The third-order valence-corrected chi connectivity index (χ3v) is 3.61. The quantitative estimate of drug-likeness (QED) is 0.817. The molecule has 1 heterocycles. The Bertz CT molecular complexity index is 424. The lowest BCUT2D eigenvalue weighted by Gasteiger charge is -2.34. The van der Waals surface area contributed by atoms with Crippen LogP contribution < -0.4 is 0 Å². The summed E-state index contributed by atoms with van der Waals surface area (Å²) >= 11 is 0. The Kier molecular flexibility index (Phi) is 6.50. The number of piperidine rings is 1. The monoisotopic (exact) mass is 293 g/mol. The highest BCUT2D eigenvalue weighted by Crippen LogP contribution is 2.18. The molecule has 21 heavy (non-hydrogen) atoms. The number of aliphatic hydroxyl groups excluding tert-OH is 1. The molecule has 0 spiro atoms. The maximum absolute atomic E-state index is 12.2. The van der Waals surface area contributed by atoms with E-state index in [1.165, 1.54) is 0 Å². The van der Waals surface area contributed by atoms with Crippen molar-refractivity contribution >= 4 is 6.09 Å². The summed E-state index contributed by atoms with van der Waals surface area (Å²) in [7, 11) is 0. The molecular formula is C16H23NO4. The Balaban J connectivity index is 1.83. The van der Waals surface area contributed by atoms with Crippen molar-refractivity contribution in [3.05, 3.63) is 35.9 Å². The van der Waals surface area contributed by atoms with Crippen molar-refractivity contribution in [3.63, 3.8) is 0 Å². The molecule has 5 heteroatoms. The highest BCUT2D eigenvalue weighted by atomic mass is 16.6. The minimum absolute atomic E-state index is 0.00513. The molecule has 1 saturated heterocycles. The molecule has 1 aliphatic heterocycles. The summed E-state index contributed by atoms with van der Waals surface area (Å²) in [6, 6.07) is 9.71. The predicted octanol–water partition coefficient (Wildman–Crippen LogP) is 2.19. The molecule has 0 bridgehead atoms. The summed E-state index contributed by atoms with van der Waals surface area (Å²) in [6.07, 6.45) is 2.73. The third kappa shape index (κ3) is 5.02. The molecule has 1 atom stereocenters. The molecule has 2 rings (SSSR count). The summed E-state index contributed by atoms with van der Waals surface area (Å²) in [5.74, 6) is 0. The lowest BCUT2D eigenvalue weighted by atomic mass is 10.0. The Morgan fingerprint density at radius 2 is 2.10 bits per heavy atom. The highest BCUT2D eigenvalue weighted by Gasteiger charge is 2.27. The molecule has 116 valence electrons. The van der Waals surface area contributed by atoms with Gasteiger partial charge in [0.2, 0.25) is 0 Å². The van der Waals surface area contributed by atoms with Crippen LogP contribution in [0.2, 0.25) is 0 Å². The number of carbonyl (C=O) groups excluding carboxylic acids is 1. The summed E-state index contributed by atoms with van der Waals surface area (Å²) in [5, 5.41) is 8.75. The average Bonchev–Trinajstić information content (AvgIpc) is 2.54. The first-order valence-electron chi connectivity index (χ1n) is 7.47. The van der Waals surface area contributed by atoms with E-state index in [-0.39, 0.29) is 18.7 Å². The highest BCUT2D eigenvalue weighted by molar-refractivity contribution is 5.68. The van der Waals surface area contributed by atoms with Gasteiger partial charge < -0.3 is 19.5 Å². The van der Waals surface area contributed by atoms with Crippen molar-refractivity contribution < 1.29 is 19.4 Å². The van der Waals surface area contributed by atoms with Gasteiger partial charge in [0.25, 0.3) is 0 Å². The largest absolute Gasteiger partial charge is 0.445 e. The summed E-state index contributed by atoms with van der Waals surface area (Å²) in [4.78, 5) is 14.0. The van der Waals surface area contributed by atoms with E-state index in [0.29, 0.717) is 26.4 Å². The van der Waals surface area contributed by atoms with Gasteiger partial charge in [-0.1, -0.05) is 30.3 Å². The molecule has 1 aliphatic rings. The van der Waals surface area contributed by atoms with E-state index in [4.69, 9.17) is 14.6 Å². The van der Waals surface area contributed by atoms with Gasteiger partial charge in [0.05, 0.1) is 25.9 Å². The normalized spacial score (nSPS) is 18.5. The summed E-state index contributed by atoms with van der Waals surface area (Å²) < 4.78 is 10.8. The van der Waals surface area contributed by atoms with Gasteiger partial charge in [-0.25, -0.2) is 4.79 Å². The van der Waals surface area contributed by atoms with Crippen LogP contribution in [0.5, 0.6) is 0 Å². The fraction of sp³-hybridized carbons (Fsp3) is 0.562. The fourth-order valence-corrected chi connectivity index (χ4v) is 2.50. The Hall–Kier alpha value is -1.59. The van der Waals surface area contributed by atoms with Crippen molar-refractivity contribution in [1.29, 1.82) is 0 Å². The van der Waals surface area contributed by atoms with Crippen molar-refractivity contribution in [2.75, 3.05) is 26.4 Å². The molecular weight excluding hydrogens is 270 g/mol. The van der Waals surface area contributed by atoms with Crippen molar-refractivity contribution in [2.45, 2.75) is 31.9 Å². The second-order valence-corrected chi connectivity index (χ2v) is 5.18. The van der Waals surface area contributed by atoms with Crippen molar-refractivity contribution in [2.24, 2.45) is 0 Å². The second-order valence-electron chi connectivity index (χ2n) is 5.18. The number of rotatable bonds is 6. The standard InChI is InChI=1S/C16H23NO4/c18-10-11-20-13-15-8-4-5-9-17(15)16(19)21-12-14-6-2-1-3-7-14/h1-3,6-7,15,18H,4-5,8-13H2/t15-/m0/s1. The van der Waals surface area contributed by atoms with Crippen LogP contribution in [-0.4, -0.2) is 48.5 Å². The molecule has 0 aliphatic carbocycles. The van der Waals surface area contributed by atoms with E-state index < -0.39 is 0 Å². The molecule has 1 aromatic rings. The Morgan fingerprint density at radius 3 is 2.86 bits per heavy atom. The number of benzene rings is 1. The van der Waals surface area contributed by atoms with Crippen LogP contribution >= 0.6 is 0 Å². The number of hydrogen-bond donors (Lipinski definition) is 1. The smallest absolute Gasteiger partial charge is 0.410 e. The number of ether oxygens (including phenoxy) is 2.